The van der Waals surface area contributed by atoms with Crippen molar-refractivity contribution in [1.82, 2.24) is 5.32 Å². The number of rotatable bonds is 0. The average molecular weight is 266 g/mol. The van der Waals surface area contributed by atoms with Gasteiger partial charge in [0, 0.05) is 64.5 Å². The second-order valence-electron chi connectivity index (χ2n) is 4.83. The van der Waals surface area contributed by atoms with Crippen LogP contribution in [-0.2, 0) is 19.2 Å². The molecule has 0 aliphatic carbocycles. The van der Waals surface area contributed by atoms with Crippen LogP contribution in [0.5, 0.6) is 0 Å². The summed E-state index contributed by atoms with van der Waals surface area (Å²) in [5, 5.41) is 4.11. The van der Waals surface area contributed by atoms with Crippen LogP contribution in [0.25, 0.3) is 0 Å². The number of carbonyl (C=O) groups is 4. The molecule has 5 heteroatoms. The number of Topliss-reactive ketones (excluding diaryl/α,β-unsaturated/α-hetero) is 4. The van der Waals surface area contributed by atoms with Gasteiger partial charge in [-0.2, -0.15) is 0 Å². The molecule has 1 heterocycles. The van der Waals surface area contributed by atoms with Gasteiger partial charge in [-0.05, 0) is 0 Å². The predicted molar refractivity (Wildman–Crippen MR) is 68.8 cm³/mol. The van der Waals surface area contributed by atoms with Gasteiger partial charge in [-0.15, -0.1) is 0 Å². The number of hydrogen-bond acceptors (Lipinski definition) is 4. The standard InChI is InChI=1S/C14H20NO4/c16-11-1-2-12(17)4-6-14(19)8-10-15-9-7-13(18)5-3-11/h1-10H2. The van der Waals surface area contributed by atoms with Gasteiger partial charge in [0.15, 0.2) is 0 Å². The Balaban J connectivity index is 2.46. The minimum Gasteiger partial charge on any atom is -0.300 e. The molecule has 0 aromatic rings. The minimum absolute atomic E-state index is 0.0182. The van der Waals surface area contributed by atoms with E-state index < -0.39 is 0 Å². The Morgan fingerprint density at radius 3 is 1.05 bits per heavy atom. The Morgan fingerprint density at radius 2 is 0.737 bits per heavy atom. The molecule has 1 aliphatic heterocycles. The highest BCUT2D eigenvalue weighted by molar-refractivity contribution is 5.90. The summed E-state index contributed by atoms with van der Waals surface area (Å²) >= 11 is 0. The second kappa shape index (κ2) is 8.69. The van der Waals surface area contributed by atoms with Crippen LogP contribution >= 0.6 is 0 Å². The first kappa shape index (κ1) is 15.7. The Hall–Kier alpha value is -1.36. The minimum atomic E-state index is -0.0557. The maximum atomic E-state index is 11.5. The molecule has 0 N–H and O–H groups in total. The van der Waals surface area contributed by atoms with Crippen LogP contribution in [0.4, 0.5) is 0 Å². The fourth-order valence-corrected chi connectivity index (χ4v) is 1.86. The van der Waals surface area contributed by atoms with E-state index in [4.69, 9.17) is 0 Å². The lowest BCUT2D eigenvalue weighted by molar-refractivity contribution is -0.126. The highest BCUT2D eigenvalue weighted by atomic mass is 16.1. The Bertz CT molecular complexity index is 328. The average Bonchev–Trinajstić information content (AvgIpc) is 2.39. The van der Waals surface area contributed by atoms with Crippen molar-refractivity contribution in [2.45, 2.75) is 51.4 Å². The SMILES string of the molecule is O=C1CC[N]CCC(=O)CCC(=O)CCC(=O)CC1. The second-order valence-corrected chi connectivity index (χ2v) is 4.83. The molecular formula is C14H20NO4. The van der Waals surface area contributed by atoms with Crippen molar-refractivity contribution in [3.05, 3.63) is 0 Å². The van der Waals surface area contributed by atoms with Gasteiger partial charge in [-0.25, -0.2) is 5.32 Å². The number of nitrogens with zero attached hydrogens (tertiary/aromatic N) is 1. The molecule has 0 atom stereocenters. The molecule has 0 saturated carbocycles. The first-order valence-corrected chi connectivity index (χ1v) is 6.78. The molecule has 1 fully saturated rings. The monoisotopic (exact) mass is 266 g/mol. The summed E-state index contributed by atoms with van der Waals surface area (Å²) in [4.78, 5) is 45.9. The lowest BCUT2D eigenvalue weighted by atomic mass is 10.0. The number of carbonyl (C=O) groups excluding carboxylic acids is 4. The highest BCUT2D eigenvalue weighted by Crippen LogP contribution is 2.06. The van der Waals surface area contributed by atoms with E-state index in [2.05, 4.69) is 5.32 Å². The van der Waals surface area contributed by atoms with Crippen molar-refractivity contribution in [3.8, 4) is 0 Å². The van der Waals surface area contributed by atoms with Crippen molar-refractivity contribution in [2.75, 3.05) is 13.1 Å². The van der Waals surface area contributed by atoms with Crippen LogP contribution in [0.2, 0.25) is 0 Å². The zero-order chi connectivity index (χ0) is 14.1. The summed E-state index contributed by atoms with van der Waals surface area (Å²) in [6.07, 6.45) is 1.94. The summed E-state index contributed by atoms with van der Waals surface area (Å²) in [6, 6.07) is 0. The smallest absolute Gasteiger partial charge is 0.134 e. The van der Waals surface area contributed by atoms with Crippen molar-refractivity contribution < 1.29 is 19.2 Å². The van der Waals surface area contributed by atoms with Crippen LogP contribution in [-0.4, -0.2) is 36.2 Å². The van der Waals surface area contributed by atoms with Crippen LogP contribution in [0.1, 0.15) is 51.4 Å². The van der Waals surface area contributed by atoms with Crippen LogP contribution in [0.3, 0.4) is 0 Å². The van der Waals surface area contributed by atoms with Crippen molar-refractivity contribution in [3.63, 3.8) is 0 Å². The summed E-state index contributed by atoms with van der Waals surface area (Å²) in [5.41, 5.74) is 0. The van der Waals surface area contributed by atoms with Gasteiger partial charge in [0.05, 0.1) is 0 Å². The molecule has 0 aromatic carbocycles. The third-order valence-corrected chi connectivity index (χ3v) is 3.15. The van der Waals surface area contributed by atoms with E-state index in [1.54, 1.807) is 0 Å². The van der Waals surface area contributed by atoms with Crippen molar-refractivity contribution >= 4 is 23.1 Å². The van der Waals surface area contributed by atoms with Crippen LogP contribution in [0.15, 0.2) is 0 Å². The Morgan fingerprint density at radius 1 is 0.474 bits per heavy atom. The molecule has 1 saturated heterocycles. The largest absolute Gasteiger partial charge is 0.300 e. The van der Waals surface area contributed by atoms with E-state index in [0.29, 0.717) is 25.9 Å². The van der Waals surface area contributed by atoms with Crippen LogP contribution in [0, 0.1) is 0 Å². The zero-order valence-corrected chi connectivity index (χ0v) is 11.2. The Kier molecular flexibility index (Phi) is 7.18. The van der Waals surface area contributed by atoms with Gasteiger partial charge in [0.2, 0.25) is 0 Å². The summed E-state index contributed by atoms with van der Waals surface area (Å²) < 4.78 is 0. The van der Waals surface area contributed by atoms with Gasteiger partial charge < -0.3 is 0 Å². The maximum absolute atomic E-state index is 11.5. The molecule has 0 bridgehead atoms. The lowest BCUT2D eigenvalue weighted by Gasteiger charge is -2.01. The third-order valence-electron chi connectivity index (χ3n) is 3.15. The summed E-state index contributed by atoms with van der Waals surface area (Å²) in [5.74, 6) is -0.0751. The van der Waals surface area contributed by atoms with Crippen LogP contribution < -0.4 is 5.32 Å². The summed E-state index contributed by atoms with van der Waals surface area (Å²) in [7, 11) is 0. The molecule has 1 radical (unpaired) electrons. The van der Waals surface area contributed by atoms with E-state index in [9.17, 15) is 19.2 Å². The lowest BCUT2D eigenvalue weighted by Crippen LogP contribution is -2.15. The molecule has 0 amide bonds. The van der Waals surface area contributed by atoms with E-state index in [1.807, 2.05) is 0 Å². The number of hydrogen-bond donors (Lipinski definition) is 0. The van der Waals surface area contributed by atoms with E-state index in [-0.39, 0.29) is 61.7 Å². The van der Waals surface area contributed by atoms with E-state index in [0.717, 1.165) is 0 Å². The quantitative estimate of drug-likeness (QED) is 0.655. The Labute approximate surface area is 113 Å². The molecular weight excluding hydrogens is 246 g/mol. The normalized spacial score (nSPS) is 21.9. The molecule has 1 aliphatic rings. The van der Waals surface area contributed by atoms with Crippen molar-refractivity contribution in [2.24, 2.45) is 0 Å². The molecule has 1 rings (SSSR count). The third kappa shape index (κ3) is 7.62. The summed E-state index contributed by atoms with van der Waals surface area (Å²) in [6.45, 7) is 0.832. The fourth-order valence-electron chi connectivity index (χ4n) is 1.86. The van der Waals surface area contributed by atoms with Gasteiger partial charge in [0.1, 0.15) is 23.1 Å². The van der Waals surface area contributed by atoms with E-state index in [1.165, 1.54) is 0 Å². The van der Waals surface area contributed by atoms with E-state index >= 15 is 0 Å². The first-order chi connectivity index (χ1) is 9.08. The maximum Gasteiger partial charge on any atom is 0.134 e. The van der Waals surface area contributed by atoms with Gasteiger partial charge >= 0.3 is 0 Å². The molecule has 105 valence electrons. The van der Waals surface area contributed by atoms with Gasteiger partial charge in [-0.1, -0.05) is 0 Å². The molecule has 0 spiro atoms. The number of ketones is 4. The fraction of sp³-hybridized carbons (Fsp3) is 0.714. The van der Waals surface area contributed by atoms with Gasteiger partial charge in [0.25, 0.3) is 0 Å². The molecule has 0 unspecified atom stereocenters. The van der Waals surface area contributed by atoms with Crippen molar-refractivity contribution in [1.29, 1.82) is 0 Å². The highest BCUT2D eigenvalue weighted by Gasteiger charge is 2.12. The zero-order valence-electron chi connectivity index (χ0n) is 11.2. The molecule has 5 nitrogen and oxygen atoms in total. The first-order valence-electron chi connectivity index (χ1n) is 6.78. The predicted octanol–water partition coefficient (Wildman–Crippen LogP) is 1.00. The molecule has 0 aromatic heterocycles. The topological polar surface area (TPSA) is 82.4 Å². The van der Waals surface area contributed by atoms with Gasteiger partial charge in [-0.3, -0.25) is 19.2 Å². The molecule has 19 heavy (non-hydrogen) atoms.